The second kappa shape index (κ2) is 7.28. The second-order valence-electron chi connectivity index (χ2n) is 6.16. The van der Waals surface area contributed by atoms with Gasteiger partial charge in [-0.25, -0.2) is 4.79 Å². The van der Waals surface area contributed by atoms with Crippen molar-refractivity contribution in [2.24, 2.45) is 0 Å². The van der Waals surface area contributed by atoms with Gasteiger partial charge in [0.2, 0.25) is 0 Å². The number of amides is 1. The number of fused-ring (bicyclic) bond motifs is 1. The molecule has 132 valence electrons. The molecule has 6 heteroatoms. The van der Waals surface area contributed by atoms with Gasteiger partial charge >= 0.3 is 5.97 Å². The summed E-state index contributed by atoms with van der Waals surface area (Å²) in [7, 11) is 0. The highest BCUT2D eigenvalue weighted by Gasteiger charge is 2.37. The van der Waals surface area contributed by atoms with E-state index < -0.39 is 24.0 Å². The number of carbonyl (C=O) groups excluding carboxylic acids is 1. The highest BCUT2D eigenvalue weighted by Crippen LogP contribution is 2.25. The Morgan fingerprint density at radius 2 is 1.85 bits per heavy atom. The maximum absolute atomic E-state index is 12.9. The Balaban J connectivity index is 1.83. The minimum atomic E-state index is -1.04. The van der Waals surface area contributed by atoms with Gasteiger partial charge in [0, 0.05) is 13.0 Å². The van der Waals surface area contributed by atoms with E-state index in [2.05, 4.69) is 0 Å². The zero-order valence-corrected chi connectivity index (χ0v) is 14.3. The first-order chi connectivity index (χ1) is 12.5. The molecule has 3 rings (SSSR count). The molecule has 0 fully saturated rings. The molecule has 0 bridgehead atoms. The zero-order chi connectivity index (χ0) is 18.7. The molecule has 0 spiro atoms. The number of nitrogens with zero attached hydrogens (tertiary/aromatic N) is 2. The fourth-order valence-corrected chi connectivity index (χ4v) is 3.11. The van der Waals surface area contributed by atoms with Gasteiger partial charge in [-0.1, -0.05) is 36.4 Å². The number of ether oxygens (including phenoxy) is 1. The molecule has 0 radical (unpaired) electrons. The molecule has 1 aliphatic rings. The molecule has 2 atom stereocenters. The van der Waals surface area contributed by atoms with E-state index in [0.29, 0.717) is 11.3 Å². The van der Waals surface area contributed by atoms with Crippen molar-refractivity contribution in [1.82, 2.24) is 4.90 Å². The molecule has 1 heterocycles. The number of carboxylic acid groups (broad SMARTS) is 1. The third-order valence-electron chi connectivity index (χ3n) is 4.48. The number of nitriles is 1. The summed E-state index contributed by atoms with van der Waals surface area (Å²) in [6.07, 6.45) is -0.643. The summed E-state index contributed by atoms with van der Waals surface area (Å²) in [5, 5.41) is 18.7. The van der Waals surface area contributed by atoms with Crippen LogP contribution in [-0.4, -0.2) is 34.0 Å². The summed E-state index contributed by atoms with van der Waals surface area (Å²) in [4.78, 5) is 25.9. The molecule has 0 aromatic heterocycles. The van der Waals surface area contributed by atoms with Gasteiger partial charge in [-0.05, 0) is 30.2 Å². The third kappa shape index (κ3) is 3.38. The SMILES string of the molecule is CC(Oc1ccccc1C#N)C(=O)N1Cc2ccccc2CC1C(=O)O. The summed E-state index contributed by atoms with van der Waals surface area (Å²) in [5.74, 6) is -1.16. The van der Waals surface area contributed by atoms with Crippen LogP contribution in [0.2, 0.25) is 0 Å². The van der Waals surface area contributed by atoms with Crippen molar-refractivity contribution in [2.45, 2.75) is 32.0 Å². The van der Waals surface area contributed by atoms with Crippen LogP contribution >= 0.6 is 0 Å². The maximum atomic E-state index is 12.9. The van der Waals surface area contributed by atoms with Crippen LogP contribution in [0.15, 0.2) is 48.5 Å². The van der Waals surface area contributed by atoms with Gasteiger partial charge in [0.25, 0.3) is 5.91 Å². The Hall–Kier alpha value is -3.33. The Morgan fingerprint density at radius 3 is 2.54 bits per heavy atom. The number of para-hydroxylation sites is 1. The van der Waals surface area contributed by atoms with E-state index in [4.69, 9.17) is 10.00 Å². The van der Waals surface area contributed by atoms with E-state index >= 15 is 0 Å². The highest BCUT2D eigenvalue weighted by atomic mass is 16.5. The molecule has 26 heavy (non-hydrogen) atoms. The van der Waals surface area contributed by atoms with Crippen molar-refractivity contribution >= 4 is 11.9 Å². The minimum Gasteiger partial charge on any atom is -0.480 e. The van der Waals surface area contributed by atoms with Gasteiger partial charge in [0.05, 0.1) is 5.56 Å². The fourth-order valence-electron chi connectivity index (χ4n) is 3.11. The van der Waals surface area contributed by atoms with Crippen molar-refractivity contribution < 1.29 is 19.4 Å². The standard InChI is InChI=1S/C20H18N2O4/c1-13(26-18-9-5-4-7-15(18)11-21)19(23)22-12-16-8-3-2-6-14(16)10-17(22)20(24)25/h2-9,13,17H,10,12H2,1H3,(H,24,25). The van der Waals surface area contributed by atoms with Gasteiger partial charge in [-0.2, -0.15) is 5.26 Å². The number of hydrogen-bond donors (Lipinski definition) is 1. The smallest absolute Gasteiger partial charge is 0.326 e. The van der Waals surface area contributed by atoms with E-state index in [-0.39, 0.29) is 13.0 Å². The molecule has 1 N–H and O–H groups in total. The first-order valence-electron chi connectivity index (χ1n) is 8.27. The van der Waals surface area contributed by atoms with Crippen LogP contribution < -0.4 is 4.74 Å². The van der Waals surface area contributed by atoms with Crippen molar-refractivity contribution in [3.8, 4) is 11.8 Å². The van der Waals surface area contributed by atoms with Crippen LogP contribution in [0.1, 0.15) is 23.6 Å². The van der Waals surface area contributed by atoms with Gasteiger partial charge < -0.3 is 14.7 Å². The predicted octanol–water partition coefficient (Wildman–Crippen LogP) is 2.36. The quantitative estimate of drug-likeness (QED) is 0.914. The number of carboxylic acids is 1. The van der Waals surface area contributed by atoms with Crippen LogP contribution in [0.3, 0.4) is 0 Å². The highest BCUT2D eigenvalue weighted by molar-refractivity contribution is 5.87. The third-order valence-corrected chi connectivity index (χ3v) is 4.48. The van der Waals surface area contributed by atoms with E-state index in [1.165, 1.54) is 4.90 Å². The molecule has 2 aromatic rings. The Kier molecular flexibility index (Phi) is 4.90. The van der Waals surface area contributed by atoms with E-state index in [9.17, 15) is 14.7 Å². The lowest BCUT2D eigenvalue weighted by molar-refractivity contribution is -0.154. The first-order valence-corrected chi connectivity index (χ1v) is 8.27. The van der Waals surface area contributed by atoms with Crippen LogP contribution in [0.25, 0.3) is 0 Å². The monoisotopic (exact) mass is 350 g/mol. The Labute approximate surface area is 151 Å². The number of aliphatic carboxylic acids is 1. The zero-order valence-electron chi connectivity index (χ0n) is 14.3. The largest absolute Gasteiger partial charge is 0.480 e. The number of benzene rings is 2. The molecule has 0 aliphatic carbocycles. The predicted molar refractivity (Wildman–Crippen MR) is 93.4 cm³/mol. The average molecular weight is 350 g/mol. The van der Waals surface area contributed by atoms with Crippen molar-refractivity contribution in [1.29, 1.82) is 5.26 Å². The second-order valence-corrected chi connectivity index (χ2v) is 6.16. The lowest BCUT2D eigenvalue weighted by atomic mass is 9.93. The maximum Gasteiger partial charge on any atom is 0.326 e. The van der Waals surface area contributed by atoms with E-state index in [1.54, 1.807) is 31.2 Å². The van der Waals surface area contributed by atoms with Crippen molar-refractivity contribution in [3.63, 3.8) is 0 Å². The summed E-state index contributed by atoms with van der Waals surface area (Å²) in [6, 6.07) is 15.2. The van der Waals surface area contributed by atoms with Gasteiger partial charge in [-0.15, -0.1) is 0 Å². The Morgan fingerprint density at radius 1 is 1.19 bits per heavy atom. The van der Waals surface area contributed by atoms with Crippen LogP contribution in [0, 0.1) is 11.3 Å². The van der Waals surface area contributed by atoms with Gasteiger partial charge in [0.15, 0.2) is 6.10 Å². The number of hydrogen-bond acceptors (Lipinski definition) is 4. The van der Waals surface area contributed by atoms with E-state index in [0.717, 1.165) is 11.1 Å². The summed E-state index contributed by atoms with van der Waals surface area (Å²) in [5.41, 5.74) is 2.20. The normalized spacial score (nSPS) is 16.9. The molecule has 1 amide bonds. The summed E-state index contributed by atoms with van der Waals surface area (Å²) in [6.45, 7) is 1.79. The number of rotatable bonds is 4. The van der Waals surface area contributed by atoms with Crippen LogP contribution in [0.4, 0.5) is 0 Å². The van der Waals surface area contributed by atoms with Crippen LogP contribution in [-0.2, 0) is 22.6 Å². The molecular formula is C20H18N2O4. The lowest BCUT2D eigenvalue weighted by Crippen LogP contribution is -2.52. The lowest BCUT2D eigenvalue weighted by Gasteiger charge is -2.35. The van der Waals surface area contributed by atoms with Crippen molar-refractivity contribution in [2.75, 3.05) is 0 Å². The molecule has 0 saturated heterocycles. The van der Waals surface area contributed by atoms with Crippen molar-refractivity contribution in [3.05, 3.63) is 65.2 Å². The first kappa shape index (κ1) is 17.5. The van der Waals surface area contributed by atoms with Crippen LogP contribution in [0.5, 0.6) is 5.75 Å². The summed E-state index contributed by atoms with van der Waals surface area (Å²) >= 11 is 0. The Bertz CT molecular complexity index is 887. The van der Waals surface area contributed by atoms with E-state index in [1.807, 2.05) is 30.3 Å². The topological polar surface area (TPSA) is 90.6 Å². The van der Waals surface area contributed by atoms with Gasteiger partial charge in [-0.3, -0.25) is 4.79 Å². The molecule has 2 unspecified atom stereocenters. The summed E-state index contributed by atoms with van der Waals surface area (Å²) < 4.78 is 5.66. The minimum absolute atomic E-state index is 0.222. The molecule has 6 nitrogen and oxygen atoms in total. The average Bonchev–Trinajstić information content (AvgIpc) is 2.66. The fraction of sp³-hybridized carbons (Fsp3) is 0.250. The molecule has 0 saturated carbocycles. The number of carbonyl (C=O) groups is 2. The van der Waals surface area contributed by atoms with Gasteiger partial charge in [0.1, 0.15) is 17.9 Å². The molecular weight excluding hydrogens is 332 g/mol. The molecule has 1 aliphatic heterocycles. The molecule has 2 aromatic carbocycles.